The van der Waals surface area contributed by atoms with Gasteiger partial charge in [-0.25, -0.2) is 4.79 Å². The van der Waals surface area contributed by atoms with Crippen LogP contribution in [0.2, 0.25) is 0 Å². The first kappa shape index (κ1) is 18.9. The maximum atomic E-state index is 12.2. The smallest absolute Gasteiger partial charge is 0.343 e. The zero-order valence-corrected chi connectivity index (χ0v) is 15.1. The standard InChI is InChI=1S/C21H22O6/c1-25-17-8-4-15(5-9-17)21(24)27-19-12-10-18(11-13-19)26-20(23)14-2-6-16(22)7-3-14/h4-5,8-14,16,22H,2-3,6-7H2,1H3/t14-,16-. The Bertz CT molecular complexity index is 773. The molecule has 0 bridgehead atoms. The van der Waals surface area contributed by atoms with E-state index in [2.05, 4.69) is 0 Å². The summed E-state index contributed by atoms with van der Waals surface area (Å²) in [5.74, 6) is 0.464. The Morgan fingerprint density at radius 1 is 0.815 bits per heavy atom. The van der Waals surface area contributed by atoms with Crippen LogP contribution in [0.3, 0.4) is 0 Å². The van der Waals surface area contributed by atoms with Gasteiger partial charge in [-0.15, -0.1) is 0 Å². The molecule has 0 amide bonds. The van der Waals surface area contributed by atoms with Crippen molar-refractivity contribution in [2.45, 2.75) is 31.8 Å². The molecule has 0 spiro atoms. The highest BCUT2D eigenvalue weighted by Gasteiger charge is 2.26. The summed E-state index contributed by atoms with van der Waals surface area (Å²) in [5.41, 5.74) is 0.408. The Morgan fingerprint density at radius 3 is 1.89 bits per heavy atom. The molecule has 27 heavy (non-hydrogen) atoms. The monoisotopic (exact) mass is 370 g/mol. The molecule has 0 aliphatic heterocycles. The van der Waals surface area contributed by atoms with E-state index in [0.717, 1.165) is 0 Å². The van der Waals surface area contributed by atoms with E-state index < -0.39 is 5.97 Å². The zero-order chi connectivity index (χ0) is 19.2. The molecule has 2 aromatic carbocycles. The van der Waals surface area contributed by atoms with Crippen molar-refractivity contribution in [2.75, 3.05) is 7.11 Å². The van der Waals surface area contributed by atoms with E-state index in [0.29, 0.717) is 48.5 Å². The molecule has 0 aromatic heterocycles. The Labute approximate surface area is 157 Å². The molecule has 0 heterocycles. The van der Waals surface area contributed by atoms with Crippen LogP contribution >= 0.6 is 0 Å². The molecule has 1 aliphatic rings. The fourth-order valence-corrected chi connectivity index (χ4v) is 2.98. The SMILES string of the molecule is COc1ccc(C(=O)Oc2ccc(OC(=O)[C@H]3CC[C@H](O)CC3)cc2)cc1. The fraction of sp³-hybridized carbons (Fsp3) is 0.333. The van der Waals surface area contributed by atoms with Gasteiger partial charge >= 0.3 is 11.9 Å². The Morgan fingerprint density at radius 2 is 1.33 bits per heavy atom. The van der Waals surface area contributed by atoms with Gasteiger partial charge in [0.05, 0.1) is 24.7 Å². The van der Waals surface area contributed by atoms with Crippen molar-refractivity contribution >= 4 is 11.9 Å². The summed E-state index contributed by atoms with van der Waals surface area (Å²) in [6, 6.07) is 12.9. The van der Waals surface area contributed by atoms with E-state index in [1.807, 2.05) is 0 Å². The van der Waals surface area contributed by atoms with E-state index in [-0.39, 0.29) is 18.0 Å². The normalized spacial score (nSPS) is 19.2. The van der Waals surface area contributed by atoms with Crippen molar-refractivity contribution in [2.24, 2.45) is 5.92 Å². The van der Waals surface area contributed by atoms with E-state index in [9.17, 15) is 14.7 Å². The summed E-state index contributed by atoms with van der Waals surface area (Å²) in [6.07, 6.45) is 2.21. The van der Waals surface area contributed by atoms with E-state index >= 15 is 0 Å². The van der Waals surface area contributed by atoms with Crippen LogP contribution in [-0.2, 0) is 4.79 Å². The van der Waals surface area contributed by atoms with E-state index in [4.69, 9.17) is 14.2 Å². The first-order valence-corrected chi connectivity index (χ1v) is 8.91. The molecule has 142 valence electrons. The summed E-state index contributed by atoms with van der Waals surface area (Å²) in [4.78, 5) is 24.3. The lowest BCUT2D eigenvalue weighted by molar-refractivity contribution is -0.140. The molecule has 0 radical (unpaired) electrons. The number of benzene rings is 2. The first-order valence-electron chi connectivity index (χ1n) is 8.91. The highest BCUT2D eigenvalue weighted by Crippen LogP contribution is 2.27. The van der Waals surface area contributed by atoms with Gasteiger partial charge in [0.2, 0.25) is 0 Å². The van der Waals surface area contributed by atoms with E-state index in [1.54, 1.807) is 55.6 Å². The highest BCUT2D eigenvalue weighted by molar-refractivity contribution is 5.91. The molecular formula is C21H22O6. The van der Waals surface area contributed by atoms with Crippen LogP contribution in [0.1, 0.15) is 36.0 Å². The molecule has 6 heteroatoms. The number of aliphatic hydroxyl groups excluding tert-OH is 1. The number of methoxy groups -OCH3 is 1. The second-order valence-corrected chi connectivity index (χ2v) is 6.52. The van der Waals surface area contributed by atoms with Crippen LogP contribution in [0.4, 0.5) is 0 Å². The summed E-state index contributed by atoms with van der Waals surface area (Å²) in [7, 11) is 1.55. The number of hydrogen-bond donors (Lipinski definition) is 1. The van der Waals surface area contributed by atoms with Gasteiger partial charge in [0.25, 0.3) is 0 Å². The zero-order valence-electron chi connectivity index (χ0n) is 15.1. The van der Waals surface area contributed by atoms with Crippen LogP contribution in [-0.4, -0.2) is 30.3 Å². The van der Waals surface area contributed by atoms with Crippen molar-refractivity contribution in [3.8, 4) is 17.2 Å². The minimum absolute atomic E-state index is 0.180. The number of ether oxygens (including phenoxy) is 3. The van der Waals surface area contributed by atoms with Crippen molar-refractivity contribution in [3.05, 3.63) is 54.1 Å². The van der Waals surface area contributed by atoms with Crippen molar-refractivity contribution in [3.63, 3.8) is 0 Å². The third-order valence-corrected chi connectivity index (χ3v) is 4.61. The third-order valence-electron chi connectivity index (χ3n) is 4.61. The van der Waals surface area contributed by atoms with Gasteiger partial charge in [-0.1, -0.05) is 0 Å². The Balaban J connectivity index is 1.55. The molecule has 0 saturated heterocycles. The van der Waals surface area contributed by atoms with Crippen molar-refractivity contribution < 1.29 is 28.9 Å². The molecule has 0 unspecified atom stereocenters. The average Bonchev–Trinajstić information content (AvgIpc) is 2.70. The molecule has 1 saturated carbocycles. The lowest BCUT2D eigenvalue weighted by atomic mass is 9.87. The van der Waals surface area contributed by atoms with Crippen LogP contribution in [0.5, 0.6) is 17.2 Å². The molecule has 6 nitrogen and oxygen atoms in total. The number of carbonyl (C=O) groups excluding carboxylic acids is 2. The van der Waals surface area contributed by atoms with Gasteiger partial charge in [-0.2, -0.15) is 0 Å². The lowest BCUT2D eigenvalue weighted by Gasteiger charge is -2.23. The second-order valence-electron chi connectivity index (χ2n) is 6.52. The molecule has 3 rings (SSSR count). The van der Waals surface area contributed by atoms with Gasteiger partial charge in [0.15, 0.2) is 0 Å². The maximum absolute atomic E-state index is 12.2. The number of carbonyl (C=O) groups is 2. The summed E-state index contributed by atoms with van der Waals surface area (Å²) < 4.78 is 15.8. The Kier molecular flexibility index (Phi) is 6.08. The molecule has 0 atom stereocenters. The van der Waals surface area contributed by atoms with Gasteiger partial charge in [0.1, 0.15) is 17.2 Å². The van der Waals surface area contributed by atoms with E-state index in [1.165, 1.54) is 0 Å². The van der Waals surface area contributed by atoms with Crippen molar-refractivity contribution in [1.29, 1.82) is 0 Å². The molecule has 1 fully saturated rings. The second kappa shape index (κ2) is 8.68. The molecular weight excluding hydrogens is 348 g/mol. The Hall–Kier alpha value is -2.86. The predicted octanol–water partition coefficient (Wildman–Crippen LogP) is 3.37. The topological polar surface area (TPSA) is 82.1 Å². The third kappa shape index (κ3) is 5.08. The lowest BCUT2D eigenvalue weighted by Crippen LogP contribution is -2.27. The largest absolute Gasteiger partial charge is 0.497 e. The number of aliphatic hydroxyl groups is 1. The summed E-state index contributed by atoms with van der Waals surface area (Å²) in [5, 5.41) is 9.51. The van der Waals surface area contributed by atoms with Gasteiger partial charge in [-0.05, 0) is 74.2 Å². The van der Waals surface area contributed by atoms with Gasteiger partial charge in [0, 0.05) is 0 Å². The quantitative estimate of drug-likeness (QED) is 0.642. The molecule has 1 aliphatic carbocycles. The summed E-state index contributed by atoms with van der Waals surface area (Å²) >= 11 is 0. The van der Waals surface area contributed by atoms with Crippen LogP contribution in [0.15, 0.2) is 48.5 Å². The minimum Gasteiger partial charge on any atom is -0.497 e. The summed E-state index contributed by atoms with van der Waals surface area (Å²) in [6.45, 7) is 0. The number of esters is 2. The fourth-order valence-electron chi connectivity index (χ4n) is 2.98. The van der Waals surface area contributed by atoms with Crippen LogP contribution in [0.25, 0.3) is 0 Å². The maximum Gasteiger partial charge on any atom is 0.343 e. The number of hydrogen-bond acceptors (Lipinski definition) is 6. The van der Waals surface area contributed by atoms with Crippen LogP contribution < -0.4 is 14.2 Å². The predicted molar refractivity (Wildman–Crippen MR) is 98.0 cm³/mol. The van der Waals surface area contributed by atoms with Gasteiger partial charge < -0.3 is 19.3 Å². The van der Waals surface area contributed by atoms with Gasteiger partial charge in [-0.3, -0.25) is 4.79 Å². The minimum atomic E-state index is -0.483. The molecule has 2 aromatic rings. The number of rotatable bonds is 5. The van der Waals surface area contributed by atoms with Crippen molar-refractivity contribution in [1.82, 2.24) is 0 Å². The average molecular weight is 370 g/mol. The highest BCUT2D eigenvalue weighted by atomic mass is 16.5. The first-order chi connectivity index (χ1) is 13.0. The van der Waals surface area contributed by atoms with Crippen LogP contribution in [0, 0.1) is 5.92 Å². The molecule has 1 N–H and O–H groups in total.